The molecule has 84 valence electrons. The molecule has 6 heteroatoms. The first-order valence-corrected chi connectivity index (χ1v) is 5.91. The Kier molecular flexibility index (Phi) is 3.46. The minimum Gasteiger partial charge on any atom is -0.338 e. The minimum absolute atomic E-state index is 0.420. The molecule has 0 aliphatic rings. The van der Waals surface area contributed by atoms with Gasteiger partial charge in [-0.1, -0.05) is 16.8 Å². The standard InChI is InChI=1S/C10H9BrClN3O/c1-2-13-10-14-9(15-16-10)6-3-4-8(12)7(11)5-6/h3-5H,2H2,1H3,(H,13,14,15). The summed E-state index contributed by atoms with van der Waals surface area (Å²) in [5.74, 6) is 0.535. The summed E-state index contributed by atoms with van der Waals surface area (Å²) >= 11 is 9.25. The third-order valence-corrected chi connectivity index (χ3v) is 3.15. The molecule has 0 aliphatic carbocycles. The van der Waals surface area contributed by atoms with Crippen LogP contribution in [-0.2, 0) is 0 Å². The molecule has 1 heterocycles. The number of hydrogen-bond acceptors (Lipinski definition) is 4. The van der Waals surface area contributed by atoms with Gasteiger partial charge in [-0.3, -0.25) is 0 Å². The fourth-order valence-corrected chi connectivity index (χ4v) is 1.70. The van der Waals surface area contributed by atoms with Gasteiger partial charge in [-0.15, -0.1) is 0 Å². The summed E-state index contributed by atoms with van der Waals surface area (Å²) in [6, 6.07) is 5.89. The van der Waals surface area contributed by atoms with Crippen molar-refractivity contribution in [2.45, 2.75) is 6.92 Å². The molecule has 0 unspecified atom stereocenters. The lowest BCUT2D eigenvalue weighted by Gasteiger charge is -1.97. The van der Waals surface area contributed by atoms with Gasteiger partial charge in [0.15, 0.2) is 0 Å². The van der Waals surface area contributed by atoms with Gasteiger partial charge in [0.25, 0.3) is 0 Å². The quantitative estimate of drug-likeness (QED) is 0.941. The van der Waals surface area contributed by atoms with E-state index in [1.54, 1.807) is 6.07 Å². The Morgan fingerprint density at radius 3 is 3.00 bits per heavy atom. The van der Waals surface area contributed by atoms with Crippen LogP contribution in [0, 0.1) is 0 Å². The summed E-state index contributed by atoms with van der Waals surface area (Å²) < 4.78 is 5.82. The number of anilines is 1. The monoisotopic (exact) mass is 301 g/mol. The van der Waals surface area contributed by atoms with Gasteiger partial charge in [0.2, 0.25) is 5.82 Å². The van der Waals surface area contributed by atoms with E-state index < -0.39 is 0 Å². The molecular formula is C10H9BrClN3O. The van der Waals surface area contributed by atoms with Gasteiger partial charge in [0, 0.05) is 16.6 Å². The number of aromatic nitrogens is 2. The lowest BCUT2D eigenvalue weighted by molar-refractivity contribution is 0.432. The van der Waals surface area contributed by atoms with Crippen LogP contribution in [0.25, 0.3) is 11.4 Å². The summed E-state index contributed by atoms with van der Waals surface area (Å²) in [5.41, 5.74) is 0.851. The van der Waals surface area contributed by atoms with Crippen molar-refractivity contribution in [1.82, 2.24) is 10.1 Å². The fourth-order valence-electron chi connectivity index (χ4n) is 1.20. The van der Waals surface area contributed by atoms with Crippen molar-refractivity contribution in [2.24, 2.45) is 0 Å². The van der Waals surface area contributed by atoms with Crippen LogP contribution in [-0.4, -0.2) is 16.7 Å². The normalized spacial score (nSPS) is 10.4. The Bertz CT molecular complexity index is 501. The molecular weight excluding hydrogens is 293 g/mol. The molecule has 4 nitrogen and oxygen atoms in total. The van der Waals surface area contributed by atoms with E-state index in [-0.39, 0.29) is 0 Å². The van der Waals surface area contributed by atoms with E-state index in [1.165, 1.54) is 0 Å². The molecule has 1 aromatic carbocycles. The Hall–Kier alpha value is -1.07. The van der Waals surface area contributed by atoms with Gasteiger partial charge in [0.05, 0.1) is 5.02 Å². The second kappa shape index (κ2) is 4.84. The van der Waals surface area contributed by atoms with E-state index in [2.05, 4.69) is 31.4 Å². The third-order valence-electron chi connectivity index (χ3n) is 1.93. The lowest BCUT2D eigenvalue weighted by Crippen LogP contribution is -1.95. The van der Waals surface area contributed by atoms with Crippen molar-refractivity contribution in [3.8, 4) is 11.4 Å². The first-order chi connectivity index (χ1) is 7.70. The summed E-state index contributed by atoms with van der Waals surface area (Å²) in [7, 11) is 0. The van der Waals surface area contributed by atoms with E-state index in [1.807, 2.05) is 19.1 Å². The Morgan fingerprint density at radius 2 is 2.31 bits per heavy atom. The van der Waals surface area contributed by atoms with Crippen LogP contribution in [0.4, 0.5) is 6.01 Å². The first kappa shape index (κ1) is 11.4. The Labute approximate surface area is 106 Å². The molecule has 0 aliphatic heterocycles. The van der Waals surface area contributed by atoms with Crippen molar-refractivity contribution in [3.05, 3.63) is 27.7 Å². The second-order valence-electron chi connectivity index (χ2n) is 3.08. The maximum Gasteiger partial charge on any atom is 0.321 e. The van der Waals surface area contributed by atoms with E-state index in [0.717, 1.165) is 16.6 Å². The van der Waals surface area contributed by atoms with Crippen molar-refractivity contribution in [1.29, 1.82) is 0 Å². The number of halogens is 2. The van der Waals surface area contributed by atoms with Crippen LogP contribution in [0.15, 0.2) is 27.2 Å². The highest BCUT2D eigenvalue weighted by Gasteiger charge is 2.08. The van der Waals surface area contributed by atoms with Gasteiger partial charge < -0.3 is 9.84 Å². The zero-order valence-electron chi connectivity index (χ0n) is 8.50. The maximum absolute atomic E-state index is 5.90. The summed E-state index contributed by atoms with van der Waals surface area (Å²) in [4.78, 5) is 4.19. The molecule has 0 bridgehead atoms. The highest BCUT2D eigenvalue weighted by atomic mass is 79.9. The molecule has 0 saturated carbocycles. The SMILES string of the molecule is CCNc1nc(-c2ccc(Cl)c(Br)c2)no1. The van der Waals surface area contributed by atoms with E-state index >= 15 is 0 Å². The van der Waals surface area contributed by atoms with E-state index in [0.29, 0.717) is 16.9 Å². The van der Waals surface area contributed by atoms with Gasteiger partial charge in [-0.25, -0.2) is 0 Å². The number of rotatable bonds is 3. The van der Waals surface area contributed by atoms with Crippen molar-refractivity contribution in [3.63, 3.8) is 0 Å². The lowest BCUT2D eigenvalue weighted by atomic mass is 10.2. The van der Waals surface area contributed by atoms with E-state index in [9.17, 15) is 0 Å². The fraction of sp³-hybridized carbons (Fsp3) is 0.200. The number of nitrogens with zero attached hydrogens (tertiary/aromatic N) is 2. The molecule has 2 rings (SSSR count). The zero-order chi connectivity index (χ0) is 11.5. The smallest absolute Gasteiger partial charge is 0.321 e. The molecule has 2 aromatic rings. The van der Waals surface area contributed by atoms with Gasteiger partial charge in [-0.2, -0.15) is 4.98 Å². The molecule has 0 fully saturated rings. The molecule has 0 spiro atoms. The average Bonchev–Trinajstić information content (AvgIpc) is 2.71. The summed E-state index contributed by atoms with van der Waals surface area (Å²) in [5, 5.41) is 7.46. The van der Waals surface area contributed by atoms with Gasteiger partial charge in [0.1, 0.15) is 0 Å². The third kappa shape index (κ3) is 2.36. The number of hydrogen-bond donors (Lipinski definition) is 1. The first-order valence-electron chi connectivity index (χ1n) is 4.73. The molecule has 1 aromatic heterocycles. The van der Waals surface area contributed by atoms with Crippen LogP contribution >= 0.6 is 27.5 Å². The van der Waals surface area contributed by atoms with Crippen LogP contribution in [0.2, 0.25) is 5.02 Å². The number of benzene rings is 1. The van der Waals surface area contributed by atoms with Gasteiger partial charge in [-0.05, 0) is 41.1 Å². The van der Waals surface area contributed by atoms with Crippen LogP contribution < -0.4 is 5.32 Å². The van der Waals surface area contributed by atoms with Gasteiger partial charge >= 0.3 is 6.01 Å². The largest absolute Gasteiger partial charge is 0.338 e. The number of nitrogens with one attached hydrogen (secondary N) is 1. The summed E-state index contributed by atoms with van der Waals surface area (Å²) in [6.07, 6.45) is 0. The van der Waals surface area contributed by atoms with Crippen molar-refractivity contribution >= 4 is 33.5 Å². The maximum atomic E-state index is 5.90. The van der Waals surface area contributed by atoms with Crippen LogP contribution in [0.1, 0.15) is 6.92 Å². The van der Waals surface area contributed by atoms with Crippen LogP contribution in [0.5, 0.6) is 0 Å². The molecule has 16 heavy (non-hydrogen) atoms. The molecule has 1 N–H and O–H groups in total. The average molecular weight is 303 g/mol. The molecule has 0 saturated heterocycles. The van der Waals surface area contributed by atoms with Crippen LogP contribution in [0.3, 0.4) is 0 Å². The van der Waals surface area contributed by atoms with Crippen molar-refractivity contribution < 1.29 is 4.52 Å². The molecule has 0 amide bonds. The summed E-state index contributed by atoms with van der Waals surface area (Å²) in [6.45, 7) is 2.70. The van der Waals surface area contributed by atoms with Crippen molar-refractivity contribution in [2.75, 3.05) is 11.9 Å². The molecule has 0 radical (unpaired) electrons. The Morgan fingerprint density at radius 1 is 1.50 bits per heavy atom. The van der Waals surface area contributed by atoms with E-state index in [4.69, 9.17) is 16.1 Å². The predicted molar refractivity (Wildman–Crippen MR) is 66.6 cm³/mol. The zero-order valence-corrected chi connectivity index (χ0v) is 10.8. The molecule has 0 atom stereocenters. The Balaban J connectivity index is 2.31. The highest BCUT2D eigenvalue weighted by Crippen LogP contribution is 2.27. The topological polar surface area (TPSA) is 51.0 Å². The second-order valence-corrected chi connectivity index (χ2v) is 4.34. The predicted octanol–water partition coefficient (Wildman–Crippen LogP) is 3.58. The highest BCUT2D eigenvalue weighted by molar-refractivity contribution is 9.10. The minimum atomic E-state index is 0.420.